The van der Waals surface area contributed by atoms with E-state index in [0.29, 0.717) is 23.9 Å². The Morgan fingerprint density at radius 3 is 2.72 bits per heavy atom. The molecule has 0 aliphatic heterocycles. The van der Waals surface area contributed by atoms with Gasteiger partial charge in [-0.05, 0) is 49.6 Å². The van der Waals surface area contributed by atoms with Gasteiger partial charge in [0.1, 0.15) is 18.1 Å². The number of ether oxygens (including phenoxy) is 2. The van der Waals surface area contributed by atoms with Gasteiger partial charge in [-0.2, -0.15) is 0 Å². The number of hydrogen-bond acceptors (Lipinski definition) is 3. The van der Waals surface area contributed by atoms with E-state index in [0.717, 1.165) is 23.3 Å². The van der Waals surface area contributed by atoms with E-state index in [1.165, 1.54) is 0 Å². The van der Waals surface area contributed by atoms with Crippen molar-refractivity contribution in [3.8, 4) is 11.5 Å². The molecule has 0 fully saturated rings. The Labute approximate surface area is 154 Å². The van der Waals surface area contributed by atoms with Crippen molar-refractivity contribution in [1.29, 1.82) is 0 Å². The van der Waals surface area contributed by atoms with Gasteiger partial charge in [0.2, 0.25) is 0 Å². The first kappa shape index (κ1) is 19.1. The van der Waals surface area contributed by atoms with Crippen LogP contribution in [0.1, 0.15) is 25.0 Å². The SMILES string of the molecule is CCc1ccccc1O[C@@H](C)C(=O)NCCOc1ccc(C)c(Cl)c1. The van der Waals surface area contributed by atoms with Gasteiger partial charge in [0.15, 0.2) is 6.10 Å². The summed E-state index contributed by atoms with van der Waals surface area (Å²) in [5, 5.41) is 3.48. The monoisotopic (exact) mass is 361 g/mol. The minimum atomic E-state index is -0.568. The zero-order valence-corrected chi connectivity index (χ0v) is 15.6. The van der Waals surface area contributed by atoms with Gasteiger partial charge in [-0.3, -0.25) is 4.79 Å². The first-order valence-corrected chi connectivity index (χ1v) is 8.80. The lowest BCUT2D eigenvalue weighted by molar-refractivity contribution is -0.127. The van der Waals surface area contributed by atoms with Crippen LogP contribution in [0, 0.1) is 6.92 Å². The van der Waals surface area contributed by atoms with Crippen LogP contribution in [0.25, 0.3) is 0 Å². The van der Waals surface area contributed by atoms with Crippen molar-refractivity contribution in [1.82, 2.24) is 5.32 Å². The Kier molecular flexibility index (Phi) is 7.14. The summed E-state index contributed by atoms with van der Waals surface area (Å²) in [6.07, 6.45) is 0.291. The van der Waals surface area contributed by atoms with Crippen LogP contribution in [0.4, 0.5) is 0 Å². The molecule has 25 heavy (non-hydrogen) atoms. The molecule has 2 rings (SSSR count). The smallest absolute Gasteiger partial charge is 0.260 e. The molecule has 0 unspecified atom stereocenters. The molecule has 1 amide bonds. The van der Waals surface area contributed by atoms with Gasteiger partial charge in [-0.15, -0.1) is 0 Å². The van der Waals surface area contributed by atoms with E-state index in [9.17, 15) is 4.79 Å². The number of para-hydroxylation sites is 1. The number of hydrogen-bond donors (Lipinski definition) is 1. The quantitative estimate of drug-likeness (QED) is 0.718. The highest BCUT2D eigenvalue weighted by Gasteiger charge is 2.15. The number of benzene rings is 2. The highest BCUT2D eigenvalue weighted by atomic mass is 35.5. The molecule has 0 saturated carbocycles. The molecule has 0 aromatic heterocycles. The van der Waals surface area contributed by atoms with E-state index in [4.69, 9.17) is 21.1 Å². The predicted molar refractivity (Wildman–Crippen MR) is 101 cm³/mol. The second-order valence-electron chi connectivity index (χ2n) is 5.77. The Morgan fingerprint density at radius 2 is 2.00 bits per heavy atom. The lowest BCUT2D eigenvalue weighted by Gasteiger charge is -2.17. The second-order valence-corrected chi connectivity index (χ2v) is 6.18. The summed E-state index contributed by atoms with van der Waals surface area (Å²) < 4.78 is 11.4. The molecule has 1 atom stereocenters. The number of halogens is 1. The molecule has 0 saturated heterocycles. The Hall–Kier alpha value is -2.20. The standard InChI is InChI=1S/C20H24ClNO3/c1-4-16-7-5-6-8-19(16)25-15(3)20(23)22-11-12-24-17-10-9-14(2)18(21)13-17/h5-10,13,15H,4,11-12H2,1-3H3,(H,22,23)/t15-/m0/s1. The maximum absolute atomic E-state index is 12.1. The number of aryl methyl sites for hydroxylation is 2. The predicted octanol–water partition coefficient (Wildman–Crippen LogP) is 4.17. The number of rotatable bonds is 8. The largest absolute Gasteiger partial charge is 0.492 e. The van der Waals surface area contributed by atoms with Crippen LogP contribution >= 0.6 is 11.6 Å². The molecule has 0 aliphatic carbocycles. The number of carbonyl (C=O) groups excluding carboxylic acids is 1. The van der Waals surface area contributed by atoms with Crippen LogP contribution in [0.3, 0.4) is 0 Å². The summed E-state index contributed by atoms with van der Waals surface area (Å²) in [6, 6.07) is 13.3. The Bertz CT molecular complexity index is 718. The fourth-order valence-corrected chi connectivity index (χ4v) is 2.48. The second kappa shape index (κ2) is 9.33. The van der Waals surface area contributed by atoms with Gasteiger partial charge >= 0.3 is 0 Å². The highest BCUT2D eigenvalue weighted by molar-refractivity contribution is 6.31. The molecule has 1 N–H and O–H groups in total. The molecule has 0 bridgehead atoms. The molecular weight excluding hydrogens is 338 g/mol. The molecule has 0 heterocycles. The van der Waals surface area contributed by atoms with E-state index >= 15 is 0 Å². The lowest BCUT2D eigenvalue weighted by atomic mass is 10.1. The summed E-state index contributed by atoms with van der Waals surface area (Å²) in [6.45, 7) is 6.49. The third-order valence-corrected chi connectivity index (χ3v) is 4.25. The first-order chi connectivity index (χ1) is 12.0. The maximum atomic E-state index is 12.1. The van der Waals surface area contributed by atoms with Gasteiger partial charge in [0.05, 0.1) is 6.54 Å². The summed E-state index contributed by atoms with van der Waals surface area (Å²) >= 11 is 6.05. The van der Waals surface area contributed by atoms with Gasteiger partial charge < -0.3 is 14.8 Å². The summed E-state index contributed by atoms with van der Waals surface area (Å²) in [5.41, 5.74) is 2.09. The molecule has 2 aromatic carbocycles. The number of amides is 1. The van der Waals surface area contributed by atoms with Gasteiger partial charge in [0.25, 0.3) is 5.91 Å². The van der Waals surface area contributed by atoms with Crippen LogP contribution in [0.5, 0.6) is 11.5 Å². The summed E-state index contributed by atoms with van der Waals surface area (Å²) in [7, 11) is 0. The molecule has 5 heteroatoms. The lowest BCUT2D eigenvalue weighted by Crippen LogP contribution is -2.38. The number of carbonyl (C=O) groups is 1. The van der Waals surface area contributed by atoms with Crippen molar-refractivity contribution in [3.05, 3.63) is 58.6 Å². The topological polar surface area (TPSA) is 47.6 Å². The average molecular weight is 362 g/mol. The van der Waals surface area contributed by atoms with E-state index in [1.807, 2.05) is 43.3 Å². The van der Waals surface area contributed by atoms with Crippen molar-refractivity contribution in [2.45, 2.75) is 33.3 Å². The first-order valence-electron chi connectivity index (χ1n) is 8.42. The van der Waals surface area contributed by atoms with E-state index < -0.39 is 6.10 Å². The third kappa shape index (κ3) is 5.68. The molecule has 2 aromatic rings. The molecule has 0 aliphatic rings. The molecular formula is C20H24ClNO3. The van der Waals surface area contributed by atoms with Gasteiger partial charge in [-0.1, -0.05) is 42.8 Å². The van der Waals surface area contributed by atoms with Crippen molar-refractivity contribution in [2.24, 2.45) is 0 Å². The van der Waals surface area contributed by atoms with Crippen LogP contribution < -0.4 is 14.8 Å². The van der Waals surface area contributed by atoms with Crippen molar-refractivity contribution in [2.75, 3.05) is 13.2 Å². The van der Waals surface area contributed by atoms with Crippen molar-refractivity contribution < 1.29 is 14.3 Å². The minimum absolute atomic E-state index is 0.170. The van der Waals surface area contributed by atoms with Crippen molar-refractivity contribution >= 4 is 17.5 Å². The van der Waals surface area contributed by atoms with E-state index in [1.54, 1.807) is 13.0 Å². The summed E-state index contributed by atoms with van der Waals surface area (Å²) in [4.78, 5) is 12.1. The molecule has 4 nitrogen and oxygen atoms in total. The van der Waals surface area contributed by atoms with Crippen molar-refractivity contribution in [3.63, 3.8) is 0 Å². The fraction of sp³-hybridized carbons (Fsp3) is 0.350. The van der Waals surface area contributed by atoms with Gasteiger partial charge in [0, 0.05) is 5.02 Å². The number of nitrogens with one attached hydrogen (secondary N) is 1. The Balaban J connectivity index is 1.76. The third-order valence-electron chi connectivity index (χ3n) is 3.84. The van der Waals surface area contributed by atoms with Crippen LogP contribution in [-0.2, 0) is 11.2 Å². The Morgan fingerprint density at radius 1 is 1.24 bits per heavy atom. The van der Waals surface area contributed by atoms with Crippen LogP contribution in [0.2, 0.25) is 5.02 Å². The molecule has 134 valence electrons. The van der Waals surface area contributed by atoms with E-state index in [2.05, 4.69) is 12.2 Å². The molecule has 0 spiro atoms. The van der Waals surface area contributed by atoms with Gasteiger partial charge in [-0.25, -0.2) is 0 Å². The van der Waals surface area contributed by atoms with Crippen LogP contribution in [-0.4, -0.2) is 25.2 Å². The van der Waals surface area contributed by atoms with E-state index in [-0.39, 0.29) is 5.91 Å². The average Bonchev–Trinajstić information content (AvgIpc) is 2.61. The zero-order valence-electron chi connectivity index (χ0n) is 14.8. The fourth-order valence-electron chi connectivity index (χ4n) is 2.31. The minimum Gasteiger partial charge on any atom is -0.492 e. The van der Waals surface area contributed by atoms with Crippen LogP contribution in [0.15, 0.2) is 42.5 Å². The maximum Gasteiger partial charge on any atom is 0.260 e. The highest BCUT2D eigenvalue weighted by Crippen LogP contribution is 2.21. The normalized spacial score (nSPS) is 11.7. The summed E-state index contributed by atoms with van der Waals surface area (Å²) in [5.74, 6) is 1.26. The zero-order chi connectivity index (χ0) is 18.2. The molecule has 0 radical (unpaired) electrons.